The second-order valence-corrected chi connectivity index (χ2v) is 7.36. The Morgan fingerprint density at radius 3 is 2.34 bits per heavy atom. The van der Waals surface area contributed by atoms with Crippen molar-refractivity contribution in [2.45, 2.75) is 40.3 Å². The van der Waals surface area contributed by atoms with Gasteiger partial charge in [-0.25, -0.2) is 23.3 Å². The van der Waals surface area contributed by atoms with Crippen molar-refractivity contribution in [2.24, 2.45) is 5.16 Å². The molecular formula is C20H22ClFN4O5S. The van der Waals surface area contributed by atoms with Gasteiger partial charge in [0.1, 0.15) is 6.61 Å². The summed E-state index contributed by atoms with van der Waals surface area (Å²) in [5.41, 5.74) is -2.77. The van der Waals surface area contributed by atoms with Crippen LogP contribution in [0, 0.1) is 10.6 Å². The lowest BCUT2D eigenvalue weighted by Crippen LogP contribution is -2.45. The third kappa shape index (κ3) is 4.73. The molecule has 0 fully saturated rings. The Morgan fingerprint density at radius 2 is 1.88 bits per heavy atom. The van der Waals surface area contributed by atoms with Gasteiger partial charge in [-0.1, -0.05) is 29.4 Å². The fraction of sp³-hybridized carbons (Fsp3) is 0.350. The van der Waals surface area contributed by atoms with E-state index >= 15 is 4.39 Å². The van der Waals surface area contributed by atoms with Crippen LogP contribution in [0.4, 0.5) is 4.39 Å². The second kappa shape index (κ2) is 10.5. The second-order valence-electron chi connectivity index (χ2n) is 6.61. The molecule has 0 aliphatic heterocycles. The molecule has 1 aromatic carbocycles. The molecule has 0 amide bonds. The van der Waals surface area contributed by atoms with Gasteiger partial charge >= 0.3 is 17.3 Å². The SMILES string of the molecule is C=CCON=C(C)Cc1c(F)c(-n2c(=O)n(CC)c(=S)n(CC)c2=O)cc(C(=O)O)c1Cl. The maximum absolute atomic E-state index is 15.6. The molecule has 0 radical (unpaired) electrons. The summed E-state index contributed by atoms with van der Waals surface area (Å²) in [6, 6.07) is 0.857. The summed E-state index contributed by atoms with van der Waals surface area (Å²) >= 11 is 11.4. The zero-order chi connectivity index (χ0) is 24.2. The predicted octanol–water partition coefficient (Wildman–Crippen LogP) is 3.18. The molecule has 0 saturated carbocycles. The molecule has 0 unspecified atom stereocenters. The van der Waals surface area contributed by atoms with Gasteiger partial charge in [-0.2, -0.15) is 0 Å². The molecule has 2 rings (SSSR count). The van der Waals surface area contributed by atoms with Gasteiger partial charge in [0.05, 0.1) is 22.0 Å². The number of aromatic carboxylic acids is 1. The van der Waals surface area contributed by atoms with Crippen molar-refractivity contribution in [1.29, 1.82) is 0 Å². The van der Waals surface area contributed by atoms with Gasteiger partial charge in [0, 0.05) is 25.1 Å². The van der Waals surface area contributed by atoms with Crippen molar-refractivity contribution in [3.8, 4) is 5.69 Å². The van der Waals surface area contributed by atoms with E-state index in [1.807, 2.05) is 0 Å². The maximum atomic E-state index is 15.6. The third-order valence-corrected chi connectivity index (χ3v) is 5.40. The Bertz CT molecular complexity index is 1240. The number of hydrogen-bond acceptors (Lipinski definition) is 6. The number of carbonyl (C=O) groups is 1. The molecule has 2 aromatic rings. The summed E-state index contributed by atoms with van der Waals surface area (Å²) in [5.74, 6) is -2.48. The van der Waals surface area contributed by atoms with E-state index < -0.39 is 34.4 Å². The molecular weight excluding hydrogens is 463 g/mol. The number of aromatic nitrogens is 3. The molecule has 1 heterocycles. The molecule has 0 spiro atoms. The smallest absolute Gasteiger partial charge is 0.339 e. The number of rotatable bonds is 9. The maximum Gasteiger partial charge on any atom is 0.339 e. The van der Waals surface area contributed by atoms with Crippen LogP contribution in [0.15, 0.2) is 33.5 Å². The first-order valence-corrected chi connectivity index (χ1v) is 10.4. The van der Waals surface area contributed by atoms with E-state index in [0.717, 1.165) is 15.2 Å². The number of nitrogens with zero attached hydrogens (tertiary/aromatic N) is 4. The summed E-state index contributed by atoms with van der Waals surface area (Å²) in [4.78, 5) is 42.7. The van der Waals surface area contributed by atoms with E-state index in [2.05, 4.69) is 11.7 Å². The number of carboxylic acid groups (broad SMARTS) is 1. The zero-order valence-corrected chi connectivity index (χ0v) is 19.3. The average Bonchev–Trinajstić information content (AvgIpc) is 2.73. The molecule has 0 bridgehead atoms. The van der Waals surface area contributed by atoms with Gasteiger partial charge in [0.2, 0.25) is 0 Å². The summed E-state index contributed by atoms with van der Waals surface area (Å²) in [7, 11) is 0. The van der Waals surface area contributed by atoms with Gasteiger partial charge in [-0.3, -0.25) is 9.13 Å². The standard InChI is InChI=1S/C20H22ClFN4O5S/c1-5-8-31-23-11(4)9-12-15(21)13(17(27)28)10-14(16(12)22)26-18(29)24(6-2)20(32)25(7-3)19(26)30/h5,10H,1,6-9H2,2-4H3,(H,27,28). The highest BCUT2D eigenvalue weighted by atomic mass is 35.5. The fourth-order valence-electron chi connectivity index (χ4n) is 3.02. The summed E-state index contributed by atoms with van der Waals surface area (Å²) in [6.07, 6.45) is 1.24. The average molecular weight is 485 g/mol. The molecule has 0 atom stereocenters. The Kier molecular flexibility index (Phi) is 8.28. The van der Waals surface area contributed by atoms with Gasteiger partial charge in [0.15, 0.2) is 10.6 Å². The largest absolute Gasteiger partial charge is 0.478 e. The number of carboxylic acids is 1. The van der Waals surface area contributed by atoms with Gasteiger partial charge in [-0.05, 0) is 39.1 Å². The van der Waals surface area contributed by atoms with Crippen LogP contribution in [0.1, 0.15) is 36.7 Å². The van der Waals surface area contributed by atoms with Gasteiger partial charge in [0.25, 0.3) is 0 Å². The van der Waals surface area contributed by atoms with Crippen molar-refractivity contribution in [3.05, 3.63) is 66.4 Å². The number of oxime groups is 1. The van der Waals surface area contributed by atoms with Crippen LogP contribution < -0.4 is 11.4 Å². The van der Waals surface area contributed by atoms with Crippen LogP contribution in [0.25, 0.3) is 5.69 Å². The topological polar surface area (TPSA) is 108 Å². The first-order valence-electron chi connectivity index (χ1n) is 9.58. The number of halogens is 2. The molecule has 0 saturated heterocycles. The van der Waals surface area contributed by atoms with Crippen LogP contribution >= 0.6 is 23.8 Å². The van der Waals surface area contributed by atoms with Gasteiger partial charge in [-0.15, -0.1) is 0 Å². The van der Waals surface area contributed by atoms with Crippen molar-refractivity contribution in [3.63, 3.8) is 0 Å². The monoisotopic (exact) mass is 484 g/mol. The van der Waals surface area contributed by atoms with E-state index in [0.29, 0.717) is 4.57 Å². The van der Waals surface area contributed by atoms with Gasteiger partial charge < -0.3 is 9.94 Å². The number of benzene rings is 1. The minimum Gasteiger partial charge on any atom is -0.478 e. The highest BCUT2D eigenvalue weighted by Crippen LogP contribution is 2.29. The minimum atomic E-state index is -1.46. The predicted molar refractivity (Wildman–Crippen MR) is 121 cm³/mol. The molecule has 12 heteroatoms. The van der Waals surface area contributed by atoms with Crippen molar-refractivity contribution < 1.29 is 19.1 Å². The quantitative estimate of drug-likeness (QED) is 0.192. The van der Waals surface area contributed by atoms with Crippen molar-refractivity contribution >= 4 is 35.5 Å². The first kappa shape index (κ1) is 25.2. The van der Waals surface area contributed by atoms with E-state index in [-0.39, 0.29) is 47.2 Å². The van der Waals surface area contributed by atoms with Crippen LogP contribution in [0.3, 0.4) is 0 Å². The summed E-state index contributed by atoms with van der Waals surface area (Å²) in [5, 5.41) is 13.0. The van der Waals surface area contributed by atoms with Crippen molar-refractivity contribution in [2.75, 3.05) is 6.61 Å². The fourth-order valence-corrected chi connectivity index (χ4v) is 3.72. The van der Waals surface area contributed by atoms with E-state index in [4.69, 9.17) is 28.7 Å². The lowest BCUT2D eigenvalue weighted by atomic mass is 10.0. The highest BCUT2D eigenvalue weighted by molar-refractivity contribution is 7.71. The molecule has 172 valence electrons. The van der Waals surface area contributed by atoms with E-state index in [9.17, 15) is 19.5 Å². The molecule has 0 aliphatic rings. The molecule has 0 aliphatic carbocycles. The summed E-state index contributed by atoms with van der Waals surface area (Å²) < 4.78 is 18.4. The lowest BCUT2D eigenvalue weighted by Gasteiger charge is -2.17. The highest BCUT2D eigenvalue weighted by Gasteiger charge is 2.25. The first-order chi connectivity index (χ1) is 15.1. The molecule has 1 aromatic heterocycles. The normalized spacial score (nSPS) is 11.5. The van der Waals surface area contributed by atoms with Crippen LogP contribution in [0.5, 0.6) is 0 Å². The Balaban J connectivity index is 2.91. The molecule has 9 nitrogen and oxygen atoms in total. The Hall–Kier alpha value is -3.05. The molecule has 1 N–H and O–H groups in total. The number of hydrogen-bond donors (Lipinski definition) is 1. The van der Waals surface area contributed by atoms with Crippen LogP contribution in [-0.4, -0.2) is 37.1 Å². The Labute approximate surface area is 192 Å². The lowest BCUT2D eigenvalue weighted by molar-refractivity contribution is 0.0697. The van der Waals surface area contributed by atoms with E-state index in [1.165, 1.54) is 13.0 Å². The summed E-state index contributed by atoms with van der Waals surface area (Å²) in [6.45, 7) is 8.65. The van der Waals surface area contributed by atoms with Crippen molar-refractivity contribution in [1.82, 2.24) is 13.7 Å². The third-order valence-electron chi connectivity index (χ3n) is 4.53. The van der Waals surface area contributed by atoms with Crippen LogP contribution in [0.2, 0.25) is 5.02 Å². The molecule has 32 heavy (non-hydrogen) atoms. The zero-order valence-electron chi connectivity index (χ0n) is 17.7. The minimum absolute atomic E-state index is 0.0170. The van der Waals surface area contributed by atoms with E-state index in [1.54, 1.807) is 13.8 Å². The Morgan fingerprint density at radius 1 is 1.31 bits per heavy atom. The van der Waals surface area contributed by atoms with Crippen LogP contribution in [-0.2, 0) is 24.3 Å².